The number of aromatic carboxylic acids is 2. The number of nitrogens with one attached hydrogen (secondary N) is 1. The number of benzene rings is 3. The van der Waals surface area contributed by atoms with Crippen molar-refractivity contribution < 1.29 is 19.8 Å². The van der Waals surface area contributed by atoms with Crippen LogP contribution in [0.1, 0.15) is 27.6 Å². The van der Waals surface area contributed by atoms with Gasteiger partial charge in [-0.05, 0) is 36.6 Å². The molecule has 0 fully saturated rings. The fourth-order valence-electron chi connectivity index (χ4n) is 2.36. The molecule has 0 aliphatic heterocycles. The molecule has 0 saturated carbocycles. The minimum Gasteiger partial charge on any atom is -0.478 e. The Balaban J connectivity index is 0.000000181. The van der Waals surface area contributed by atoms with Crippen molar-refractivity contribution >= 4 is 28.4 Å². The van der Waals surface area contributed by atoms with Crippen LogP contribution in [0, 0.1) is 0 Å². The molecule has 3 rings (SSSR count). The number of carboxylic acids is 2. The highest BCUT2D eigenvalue weighted by atomic mass is 16.4. The number of hydrogen-bond acceptors (Lipinski definition) is 3. The molecule has 0 unspecified atom stereocenters. The Morgan fingerprint density at radius 3 is 2.00 bits per heavy atom. The van der Waals surface area contributed by atoms with Gasteiger partial charge in [-0.2, -0.15) is 0 Å². The van der Waals surface area contributed by atoms with Gasteiger partial charge in [0.2, 0.25) is 0 Å². The van der Waals surface area contributed by atoms with E-state index in [1.807, 2.05) is 0 Å². The van der Waals surface area contributed by atoms with Crippen LogP contribution >= 0.6 is 0 Å². The van der Waals surface area contributed by atoms with Gasteiger partial charge < -0.3 is 15.5 Å². The van der Waals surface area contributed by atoms with Crippen molar-refractivity contribution in [3.63, 3.8) is 0 Å². The molecule has 0 bridgehead atoms. The van der Waals surface area contributed by atoms with Crippen LogP contribution in [-0.4, -0.2) is 28.7 Å². The highest BCUT2D eigenvalue weighted by molar-refractivity contribution is 5.94. The lowest BCUT2D eigenvalue weighted by Crippen LogP contribution is -2.01. The lowest BCUT2D eigenvalue weighted by molar-refractivity contribution is 0.0696. The predicted molar refractivity (Wildman–Crippen MR) is 98.5 cm³/mol. The Hall–Kier alpha value is -3.34. The molecule has 5 nitrogen and oxygen atoms in total. The molecule has 3 aromatic carbocycles. The van der Waals surface area contributed by atoms with Crippen LogP contribution in [0.4, 0.5) is 5.69 Å². The third-order valence-electron chi connectivity index (χ3n) is 3.51. The molecule has 0 radical (unpaired) electrons. The summed E-state index contributed by atoms with van der Waals surface area (Å²) in [5.41, 5.74) is 1.19. The molecule has 0 heterocycles. The number of carbonyl (C=O) groups is 2. The van der Waals surface area contributed by atoms with Gasteiger partial charge in [0, 0.05) is 17.6 Å². The zero-order valence-corrected chi connectivity index (χ0v) is 13.8. The summed E-state index contributed by atoms with van der Waals surface area (Å²) in [5.74, 6) is -2.25. The first kappa shape index (κ1) is 18.0. The van der Waals surface area contributed by atoms with Gasteiger partial charge in [-0.3, -0.25) is 0 Å². The fourth-order valence-corrected chi connectivity index (χ4v) is 2.36. The predicted octanol–water partition coefficient (Wildman–Crippen LogP) is 4.35. The molecule has 0 spiro atoms. The van der Waals surface area contributed by atoms with E-state index in [0.717, 1.165) is 12.6 Å². The highest BCUT2D eigenvalue weighted by Crippen LogP contribution is 2.22. The first-order chi connectivity index (χ1) is 12.0. The van der Waals surface area contributed by atoms with Gasteiger partial charge in [0.1, 0.15) is 0 Å². The number of anilines is 1. The number of carboxylic acid groups (broad SMARTS) is 2. The first-order valence-corrected chi connectivity index (χ1v) is 7.81. The quantitative estimate of drug-likeness (QED) is 0.659. The molecular weight excluding hydrogens is 318 g/mol. The van der Waals surface area contributed by atoms with Crippen molar-refractivity contribution in [2.24, 2.45) is 0 Å². The molecule has 3 N–H and O–H groups in total. The van der Waals surface area contributed by atoms with E-state index in [1.165, 1.54) is 34.7 Å². The van der Waals surface area contributed by atoms with Gasteiger partial charge in [0.05, 0.1) is 11.1 Å². The lowest BCUT2D eigenvalue weighted by Gasteiger charge is -2.06. The van der Waals surface area contributed by atoms with E-state index in [4.69, 9.17) is 10.2 Å². The van der Waals surface area contributed by atoms with Gasteiger partial charge >= 0.3 is 11.9 Å². The lowest BCUT2D eigenvalue weighted by atomic mass is 10.1. The van der Waals surface area contributed by atoms with Gasteiger partial charge in [-0.1, -0.05) is 42.5 Å². The molecule has 0 aliphatic carbocycles. The maximum absolute atomic E-state index is 10.4. The van der Waals surface area contributed by atoms with Crippen molar-refractivity contribution in [2.45, 2.75) is 6.92 Å². The molecule has 5 heteroatoms. The normalized spacial score (nSPS) is 9.80. The van der Waals surface area contributed by atoms with Crippen LogP contribution in [0.3, 0.4) is 0 Å². The van der Waals surface area contributed by atoms with Crippen LogP contribution < -0.4 is 5.32 Å². The topological polar surface area (TPSA) is 86.6 Å². The van der Waals surface area contributed by atoms with Crippen LogP contribution in [-0.2, 0) is 0 Å². The summed E-state index contributed by atoms with van der Waals surface area (Å²) in [6.07, 6.45) is 0. The smallest absolute Gasteiger partial charge is 0.335 e. The summed E-state index contributed by atoms with van der Waals surface area (Å²) in [6, 6.07) is 20.0. The Kier molecular flexibility index (Phi) is 6.12. The average molecular weight is 337 g/mol. The molecule has 128 valence electrons. The van der Waals surface area contributed by atoms with Crippen molar-refractivity contribution in [1.29, 1.82) is 0 Å². The second kappa shape index (κ2) is 8.49. The maximum atomic E-state index is 10.4. The Morgan fingerprint density at radius 2 is 1.40 bits per heavy atom. The summed E-state index contributed by atoms with van der Waals surface area (Å²) in [6.45, 7) is 3.08. The van der Waals surface area contributed by atoms with Gasteiger partial charge in [0.25, 0.3) is 0 Å². The number of fused-ring (bicyclic) bond motifs is 1. The van der Waals surface area contributed by atoms with E-state index in [1.54, 1.807) is 0 Å². The van der Waals surface area contributed by atoms with E-state index < -0.39 is 11.9 Å². The van der Waals surface area contributed by atoms with Crippen LogP contribution in [0.15, 0.2) is 66.7 Å². The van der Waals surface area contributed by atoms with Gasteiger partial charge in [-0.15, -0.1) is 0 Å². The average Bonchev–Trinajstić information content (AvgIpc) is 2.63. The van der Waals surface area contributed by atoms with Crippen LogP contribution in [0.2, 0.25) is 0 Å². The Bertz CT molecular complexity index is 855. The minimum absolute atomic E-state index is 0.0186. The van der Waals surface area contributed by atoms with Crippen LogP contribution in [0.25, 0.3) is 10.8 Å². The zero-order valence-electron chi connectivity index (χ0n) is 13.8. The zero-order chi connectivity index (χ0) is 18.2. The molecule has 0 saturated heterocycles. The highest BCUT2D eigenvalue weighted by Gasteiger charge is 2.06. The summed E-state index contributed by atoms with van der Waals surface area (Å²) in [7, 11) is 0. The van der Waals surface area contributed by atoms with E-state index in [0.29, 0.717) is 0 Å². The number of rotatable bonds is 4. The second-order valence-corrected chi connectivity index (χ2v) is 5.25. The molecule has 0 amide bonds. The molecule has 25 heavy (non-hydrogen) atoms. The minimum atomic E-state index is -1.13. The maximum Gasteiger partial charge on any atom is 0.335 e. The summed E-state index contributed by atoms with van der Waals surface area (Å²) in [5, 5.41) is 22.9. The van der Waals surface area contributed by atoms with Crippen LogP contribution in [0.5, 0.6) is 0 Å². The van der Waals surface area contributed by atoms with E-state index in [2.05, 4.69) is 54.7 Å². The van der Waals surface area contributed by atoms with Crippen molar-refractivity contribution in [3.8, 4) is 0 Å². The van der Waals surface area contributed by atoms with E-state index in [-0.39, 0.29) is 11.1 Å². The van der Waals surface area contributed by atoms with Crippen molar-refractivity contribution in [1.82, 2.24) is 0 Å². The third-order valence-corrected chi connectivity index (χ3v) is 3.51. The van der Waals surface area contributed by atoms with E-state index >= 15 is 0 Å². The number of hydrogen-bond donors (Lipinski definition) is 3. The summed E-state index contributed by atoms with van der Waals surface area (Å²) >= 11 is 0. The Morgan fingerprint density at radius 1 is 0.840 bits per heavy atom. The van der Waals surface area contributed by atoms with Gasteiger partial charge in [-0.25, -0.2) is 9.59 Å². The molecule has 0 aliphatic rings. The molecule has 3 aromatic rings. The molecule has 0 atom stereocenters. The van der Waals surface area contributed by atoms with Crippen molar-refractivity contribution in [3.05, 3.63) is 77.9 Å². The van der Waals surface area contributed by atoms with Crippen molar-refractivity contribution in [2.75, 3.05) is 11.9 Å². The molecular formula is C20H19NO4. The molecule has 0 aromatic heterocycles. The Labute approximate surface area is 145 Å². The largest absolute Gasteiger partial charge is 0.478 e. The standard InChI is InChI=1S/C12H13N.C8H6O4/c1-2-13-12-9-5-7-10-6-3-4-8-11(10)12;9-7(10)5-2-1-3-6(4-5)8(11)12/h3-9,13H,2H2,1H3;1-4H,(H,9,10)(H,11,12). The monoisotopic (exact) mass is 337 g/mol. The van der Waals surface area contributed by atoms with E-state index in [9.17, 15) is 9.59 Å². The fraction of sp³-hybridized carbons (Fsp3) is 0.100. The second-order valence-electron chi connectivity index (χ2n) is 5.25. The summed E-state index contributed by atoms with van der Waals surface area (Å²) in [4.78, 5) is 20.8. The SMILES string of the molecule is CCNc1cccc2ccccc12.O=C(O)c1cccc(C(=O)O)c1. The first-order valence-electron chi connectivity index (χ1n) is 7.81. The summed E-state index contributed by atoms with van der Waals surface area (Å²) < 4.78 is 0. The third kappa shape index (κ3) is 4.81. The van der Waals surface area contributed by atoms with Gasteiger partial charge in [0.15, 0.2) is 0 Å².